The number of hydrogen-bond donors (Lipinski definition) is 2. The molecule has 3 aromatic rings. The molecule has 0 saturated heterocycles. The van der Waals surface area contributed by atoms with E-state index in [4.69, 9.17) is 4.74 Å². The van der Waals surface area contributed by atoms with Crippen molar-refractivity contribution in [3.63, 3.8) is 0 Å². The van der Waals surface area contributed by atoms with Crippen LogP contribution in [0.2, 0.25) is 0 Å². The van der Waals surface area contributed by atoms with Crippen LogP contribution in [0.1, 0.15) is 46.8 Å². The van der Waals surface area contributed by atoms with Crippen molar-refractivity contribution in [2.75, 3.05) is 17.7 Å². The van der Waals surface area contributed by atoms with Crippen molar-refractivity contribution in [2.24, 2.45) is 0 Å². The number of amides is 1. The highest BCUT2D eigenvalue weighted by Gasteiger charge is 2.14. The lowest BCUT2D eigenvalue weighted by molar-refractivity contribution is 0.102. The molecule has 6 heteroatoms. The summed E-state index contributed by atoms with van der Waals surface area (Å²) in [5.74, 6) is 1.34. The van der Waals surface area contributed by atoms with Gasteiger partial charge in [0.1, 0.15) is 5.75 Å². The summed E-state index contributed by atoms with van der Waals surface area (Å²) in [5, 5.41) is 6.16. The molecule has 0 saturated carbocycles. The first kappa shape index (κ1) is 20.3. The van der Waals surface area contributed by atoms with E-state index in [2.05, 4.69) is 34.4 Å². The van der Waals surface area contributed by atoms with Crippen molar-refractivity contribution in [1.29, 1.82) is 0 Å². The second-order valence-electron chi connectivity index (χ2n) is 7.11. The van der Waals surface area contributed by atoms with E-state index in [0.29, 0.717) is 24.0 Å². The second kappa shape index (κ2) is 9.19. The molecule has 1 amide bonds. The fraction of sp³-hybridized carbons (Fsp3) is 0.261. The van der Waals surface area contributed by atoms with E-state index in [0.717, 1.165) is 28.1 Å². The van der Waals surface area contributed by atoms with Gasteiger partial charge in [0.2, 0.25) is 5.95 Å². The van der Waals surface area contributed by atoms with E-state index in [9.17, 15) is 4.79 Å². The molecule has 0 fully saturated rings. The van der Waals surface area contributed by atoms with Gasteiger partial charge in [-0.05, 0) is 30.0 Å². The summed E-state index contributed by atoms with van der Waals surface area (Å²) < 4.78 is 5.34. The fourth-order valence-corrected chi connectivity index (χ4v) is 3.09. The maximum absolute atomic E-state index is 12.7. The number of methoxy groups -OCH3 is 1. The number of nitrogens with zero attached hydrogens (tertiary/aromatic N) is 2. The molecule has 0 atom stereocenters. The van der Waals surface area contributed by atoms with Gasteiger partial charge < -0.3 is 15.4 Å². The summed E-state index contributed by atoms with van der Waals surface area (Å²) in [5.41, 5.74) is 4.40. The zero-order valence-corrected chi connectivity index (χ0v) is 17.2. The number of hydrogen-bond acceptors (Lipinski definition) is 5. The highest BCUT2D eigenvalue weighted by Crippen LogP contribution is 2.27. The predicted octanol–water partition coefficient (Wildman–Crippen LogP) is 4.78. The molecular weight excluding hydrogens is 364 g/mol. The van der Waals surface area contributed by atoms with Crippen LogP contribution in [0.15, 0.2) is 54.9 Å². The smallest absolute Gasteiger partial charge is 0.258 e. The standard InChI is InChI=1S/C23H26N4O2/c1-15(2)19-10-7-8-16(3)21(19)27-22(28)18-13-25-23(26-14-18)24-12-17-9-5-6-11-20(17)29-4/h5-11,13-15H,12H2,1-4H3,(H,27,28)(H,24,25,26). The third-order valence-corrected chi connectivity index (χ3v) is 4.71. The molecule has 0 aliphatic rings. The lowest BCUT2D eigenvalue weighted by Crippen LogP contribution is -2.16. The van der Waals surface area contributed by atoms with E-state index >= 15 is 0 Å². The van der Waals surface area contributed by atoms with Crippen LogP contribution in [0.3, 0.4) is 0 Å². The molecule has 0 bridgehead atoms. The SMILES string of the molecule is COc1ccccc1CNc1ncc(C(=O)Nc2c(C)cccc2C(C)C)cn1. The molecule has 1 heterocycles. The summed E-state index contributed by atoms with van der Waals surface area (Å²) in [6, 6.07) is 13.8. The number of nitrogens with one attached hydrogen (secondary N) is 2. The molecule has 0 aliphatic heterocycles. The molecule has 3 rings (SSSR count). The van der Waals surface area contributed by atoms with Gasteiger partial charge in [-0.3, -0.25) is 4.79 Å². The van der Waals surface area contributed by atoms with Crippen LogP contribution in [-0.4, -0.2) is 23.0 Å². The zero-order chi connectivity index (χ0) is 20.8. The van der Waals surface area contributed by atoms with Crippen LogP contribution in [0, 0.1) is 6.92 Å². The first-order valence-electron chi connectivity index (χ1n) is 9.58. The first-order chi connectivity index (χ1) is 14.0. The lowest BCUT2D eigenvalue weighted by atomic mass is 9.98. The summed E-state index contributed by atoms with van der Waals surface area (Å²) in [4.78, 5) is 21.2. The van der Waals surface area contributed by atoms with E-state index in [1.165, 1.54) is 12.4 Å². The largest absolute Gasteiger partial charge is 0.496 e. The summed E-state index contributed by atoms with van der Waals surface area (Å²) in [6.07, 6.45) is 3.06. The van der Waals surface area contributed by atoms with Gasteiger partial charge in [-0.25, -0.2) is 9.97 Å². The highest BCUT2D eigenvalue weighted by atomic mass is 16.5. The van der Waals surface area contributed by atoms with Crippen molar-refractivity contribution in [3.8, 4) is 5.75 Å². The molecule has 150 valence electrons. The van der Waals surface area contributed by atoms with Crippen LogP contribution in [0.25, 0.3) is 0 Å². The number of rotatable bonds is 7. The Hall–Kier alpha value is -3.41. The minimum Gasteiger partial charge on any atom is -0.496 e. The maximum Gasteiger partial charge on any atom is 0.258 e. The fourth-order valence-electron chi connectivity index (χ4n) is 3.09. The average molecular weight is 390 g/mol. The van der Waals surface area contributed by atoms with E-state index < -0.39 is 0 Å². The molecule has 29 heavy (non-hydrogen) atoms. The molecule has 0 aliphatic carbocycles. The number of benzene rings is 2. The average Bonchev–Trinajstić information content (AvgIpc) is 2.74. The summed E-state index contributed by atoms with van der Waals surface area (Å²) in [6.45, 7) is 6.73. The molecule has 0 unspecified atom stereocenters. The lowest BCUT2D eigenvalue weighted by Gasteiger charge is -2.16. The second-order valence-corrected chi connectivity index (χ2v) is 7.11. The number of ether oxygens (including phenoxy) is 1. The molecule has 2 aromatic carbocycles. The number of para-hydroxylation sites is 2. The first-order valence-corrected chi connectivity index (χ1v) is 9.58. The van der Waals surface area contributed by atoms with Gasteiger partial charge in [-0.1, -0.05) is 50.2 Å². The monoisotopic (exact) mass is 390 g/mol. The van der Waals surface area contributed by atoms with Crippen LogP contribution < -0.4 is 15.4 Å². The van der Waals surface area contributed by atoms with Crippen molar-refractivity contribution in [1.82, 2.24) is 9.97 Å². The third kappa shape index (κ3) is 4.90. The number of aryl methyl sites for hydroxylation is 1. The van der Waals surface area contributed by atoms with E-state index in [1.807, 2.05) is 49.4 Å². The molecule has 6 nitrogen and oxygen atoms in total. The van der Waals surface area contributed by atoms with Gasteiger partial charge in [0.25, 0.3) is 5.91 Å². The number of aromatic nitrogens is 2. The quantitative estimate of drug-likeness (QED) is 0.607. The van der Waals surface area contributed by atoms with Crippen LogP contribution in [-0.2, 0) is 6.54 Å². The van der Waals surface area contributed by atoms with Crippen molar-refractivity contribution in [3.05, 3.63) is 77.1 Å². The number of anilines is 2. The Kier molecular flexibility index (Phi) is 6.44. The van der Waals surface area contributed by atoms with Gasteiger partial charge in [0, 0.05) is 30.2 Å². The van der Waals surface area contributed by atoms with Gasteiger partial charge in [-0.15, -0.1) is 0 Å². The Bertz CT molecular complexity index is 984. The van der Waals surface area contributed by atoms with E-state index in [1.54, 1.807) is 7.11 Å². The molecule has 0 spiro atoms. The Morgan fingerprint density at radius 3 is 2.48 bits per heavy atom. The van der Waals surface area contributed by atoms with Crippen molar-refractivity contribution in [2.45, 2.75) is 33.2 Å². The topological polar surface area (TPSA) is 76.1 Å². The van der Waals surface area contributed by atoms with Gasteiger partial charge in [0.15, 0.2) is 0 Å². The van der Waals surface area contributed by atoms with Crippen LogP contribution >= 0.6 is 0 Å². The molecule has 1 aromatic heterocycles. The van der Waals surface area contributed by atoms with Gasteiger partial charge in [0.05, 0.1) is 12.7 Å². The minimum atomic E-state index is -0.225. The summed E-state index contributed by atoms with van der Waals surface area (Å²) >= 11 is 0. The van der Waals surface area contributed by atoms with Crippen LogP contribution in [0.5, 0.6) is 5.75 Å². The van der Waals surface area contributed by atoms with Gasteiger partial charge in [-0.2, -0.15) is 0 Å². The Morgan fingerprint density at radius 2 is 1.79 bits per heavy atom. The van der Waals surface area contributed by atoms with Crippen molar-refractivity contribution >= 4 is 17.5 Å². The number of carbonyl (C=O) groups excluding carboxylic acids is 1. The third-order valence-electron chi connectivity index (χ3n) is 4.71. The Balaban J connectivity index is 1.68. The molecule has 0 radical (unpaired) electrons. The number of carbonyl (C=O) groups is 1. The van der Waals surface area contributed by atoms with Gasteiger partial charge >= 0.3 is 0 Å². The van der Waals surface area contributed by atoms with Crippen LogP contribution in [0.4, 0.5) is 11.6 Å². The van der Waals surface area contributed by atoms with Crippen molar-refractivity contribution < 1.29 is 9.53 Å². The minimum absolute atomic E-state index is 0.225. The van der Waals surface area contributed by atoms with E-state index in [-0.39, 0.29) is 5.91 Å². The molecular formula is C23H26N4O2. The Morgan fingerprint density at radius 1 is 1.07 bits per heavy atom. The predicted molar refractivity (Wildman–Crippen MR) is 116 cm³/mol. The Labute approximate surface area is 171 Å². The summed E-state index contributed by atoms with van der Waals surface area (Å²) in [7, 11) is 1.64. The zero-order valence-electron chi connectivity index (χ0n) is 17.2. The normalized spacial score (nSPS) is 10.7. The highest BCUT2D eigenvalue weighted by molar-refractivity contribution is 6.04. The molecule has 2 N–H and O–H groups in total. The maximum atomic E-state index is 12.7.